The van der Waals surface area contributed by atoms with Crippen molar-refractivity contribution in [3.8, 4) is 11.4 Å². The second-order valence-electron chi connectivity index (χ2n) is 4.82. The number of hydrogen-bond acceptors (Lipinski definition) is 4. The third-order valence-corrected chi connectivity index (χ3v) is 3.02. The zero-order chi connectivity index (χ0) is 16.1. The molecule has 0 aliphatic heterocycles. The summed E-state index contributed by atoms with van der Waals surface area (Å²) in [6.07, 6.45) is 1.53. The van der Waals surface area contributed by atoms with Crippen molar-refractivity contribution in [2.45, 2.75) is 19.4 Å². The van der Waals surface area contributed by atoms with Crippen LogP contribution >= 0.6 is 0 Å². The molecule has 7 heteroatoms. The minimum Gasteiger partial charge on any atom is -0.497 e. The smallest absolute Gasteiger partial charge is 0.305 e. The highest BCUT2D eigenvalue weighted by Gasteiger charge is 2.15. The van der Waals surface area contributed by atoms with Gasteiger partial charge in [0.1, 0.15) is 5.75 Å². The highest BCUT2D eigenvalue weighted by molar-refractivity contribution is 5.92. The second kappa shape index (κ2) is 6.75. The summed E-state index contributed by atoms with van der Waals surface area (Å²) in [7, 11) is 1.59. The van der Waals surface area contributed by atoms with E-state index >= 15 is 0 Å². The number of amides is 1. The van der Waals surface area contributed by atoms with Crippen LogP contribution in [0.3, 0.4) is 0 Å². The molecule has 0 aliphatic carbocycles. The molecule has 1 amide bonds. The number of nitrogens with zero attached hydrogens (tertiary/aromatic N) is 2. The number of carboxylic acid groups (broad SMARTS) is 1. The molecule has 0 saturated heterocycles. The van der Waals surface area contributed by atoms with E-state index in [1.165, 1.54) is 0 Å². The Balaban J connectivity index is 2.06. The van der Waals surface area contributed by atoms with E-state index in [2.05, 4.69) is 10.4 Å². The fourth-order valence-electron chi connectivity index (χ4n) is 1.93. The van der Waals surface area contributed by atoms with E-state index in [0.29, 0.717) is 0 Å². The van der Waals surface area contributed by atoms with Crippen LogP contribution in [0.2, 0.25) is 0 Å². The number of aromatic nitrogens is 2. The Morgan fingerprint density at radius 1 is 1.32 bits per heavy atom. The summed E-state index contributed by atoms with van der Waals surface area (Å²) < 4.78 is 6.65. The van der Waals surface area contributed by atoms with Gasteiger partial charge in [0.05, 0.1) is 19.2 Å². The first-order chi connectivity index (χ1) is 10.5. The molecule has 7 nitrogen and oxygen atoms in total. The Hall–Kier alpha value is -2.83. The largest absolute Gasteiger partial charge is 0.497 e. The lowest BCUT2D eigenvalue weighted by Gasteiger charge is -2.09. The van der Waals surface area contributed by atoms with E-state index in [-0.39, 0.29) is 12.1 Å². The molecule has 22 heavy (non-hydrogen) atoms. The van der Waals surface area contributed by atoms with Crippen molar-refractivity contribution < 1.29 is 19.4 Å². The van der Waals surface area contributed by atoms with E-state index in [1.807, 2.05) is 12.1 Å². The molecule has 0 radical (unpaired) electrons. The summed E-state index contributed by atoms with van der Waals surface area (Å²) in [6.45, 7) is 1.63. The van der Waals surface area contributed by atoms with Gasteiger partial charge in [0, 0.05) is 12.2 Å². The number of methoxy groups -OCH3 is 1. The van der Waals surface area contributed by atoms with E-state index in [4.69, 9.17) is 9.84 Å². The number of hydrogen-bond donors (Lipinski definition) is 2. The number of nitrogens with one attached hydrogen (secondary N) is 1. The first-order valence-corrected chi connectivity index (χ1v) is 6.72. The van der Waals surface area contributed by atoms with Gasteiger partial charge in [0.2, 0.25) is 0 Å². The van der Waals surface area contributed by atoms with Crippen LogP contribution < -0.4 is 10.1 Å². The molecule has 1 aromatic carbocycles. The monoisotopic (exact) mass is 303 g/mol. The molecule has 1 unspecified atom stereocenters. The molecular weight excluding hydrogens is 286 g/mol. The average molecular weight is 303 g/mol. The lowest BCUT2D eigenvalue weighted by atomic mass is 10.2. The minimum absolute atomic E-state index is 0.134. The van der Waals surface area contributed by atoms with Crippen LogP contribution in [0, 0.1) is 0 Å². The van der Waals surface area contributed by atoms with Crippen LogP contribution in [0.1, 0.15) is 23.8 Å². The van der Waals surface area contributed by atoms with Gasteiger partial charge in [0.25, 0.3) is 5.91 Å². The van der Waals surface area contributed by atoms with Crippen LogP contribution in [0.15, 0.2) is 36.5 Å². The van der Waals surface area contributed by atoms with Crippen molar-refractivity contribution in [1.82, 2.24) is 15.1 Å². The summed E-state index contributed by atoms with van der Waals surface area (Å²) in [5.41, 5.74) is 1.02. The van der Waals surface area contributed by atoms with E-state index < -0.39 is 17.9 Å². The molecule has 2 rings (SSSR count). The Labute approximate surface area is 127 Å². The number of rotatable bonds is 6. The molecule has 2 aromatic rings. The van der Waals surface area contributed by atoms with Gasteiger partial charge in [-0.05, 0) is 37.3 Å². The molecule has 0 saturated carbocycles. The Morgan fingerprint density at radius 3 is 2.59 bits per heavy atom. The summed E-state index contributed by atoms with van der Waals surface area (Å²) in [4.78, 5) is 22.6. The molecule has 0 aliphatic rings. The first-order valence-electron chi connectivity index (χ1n) is 6.72. The van der Waals surface area contributed by atoms with Crippen LogP contribution in [-0.4, -0.2) is 39.9 Å². The number of benzene rings is 1. The van der Waals surface area contributed by atoms with Crippen molar-refractivity contribution in [2.24, 2.45) is 0 Å². The van der Waals surface area contributed by atoms with Gasteiger partial charge in [0.15, 0.2) is 5.69 Å². The second-order valence-corrected chi connectivity index (χ2v) is 4.82. The van der Waals surface area contributed by atoms with Gasteiger partial charge in [-0.1, -0.05) is 0 Å². The number of carbonyl (C=O) groups is 2. The average Bonchev–Trinajstić information content (AvgIpc) is 2.96. The van der Waals surface area contributed by atoms with Crippen LogP contribution in [0.5, 0.6) is 5.75 Å². The third-order valence-electron chi connectivity index (χ3n) is 3.02. The maximum Gasteiger partial charge on any atom is 0.305 e. The van der Waals surface area contributed by atoms with Gasteiger partial charge in [-0.2, -0.15) is 5.10 Å². The van der Waals surface area contributed by atoms with Gasteiger partial charge in [-0.15, -0.1) is 0 Å². The highest BCUT2D eigenvalue weighted by Crippen LogP contribution is 2.14. The number of ether oxygens (including phenoxy) is 1. The maximum atomic E-state index is 12.0. The lowest BCUT2D eigenvalue weighted by Crippen LogP contribution is -2.34. The van der Waals surface area contributed by atoms with Crippen LogP contribution in [-0.2, 0) is 4.79 Å². The molecule has 116 valence electrons. The third kappa shape index (κ3) is 3.85. The van der Waals surface area contributed by atoms with E-state index in [0.717, 1.165) is 11.4 Å². The van der Waals surface area contributed by atoms with Crippen molar-refractivity contribution in [2.75, 3.05) is 7.11 Å². The maximum absolute atomic E-state index is 12.0. The topological polar surface area (TPSA) is 93.5 Å². The Kier molecular flexibility index (Phi) is 4.77. The van der Waals surface area contributed by atoms with Gasteiger partial charge < -0.3 is 15.2 Å². The quantitative estimate of drug-likeness (QED) is 0.843. The van der Waals surface area contributed by atoms with E-state index in [1.54, 1.807) is 43.1 Å². The normalized spacial score (nSPS) is 11.7. The summed E-state index contributed by atoms with van der Waals surface area (Å²) in [6, 6.07) is 8.35. The van der Waals surface area contributed by atoms with Crippen LogP contribution in [0.25, 0.3) is 5.69 Å². The fraction of sp³-hybridized carbons (Fsp3) is 0.267. The summed E-state index contributed by atoms with van der Waals surface area (Å²) >= 11 is 0. The standard InChI is InChI=1S/C15H17N3O4/c1-10(9-14(19)20)16-15(21)13-7-8-18(17-13)11-3-5-12(22-2)6-4-11/h3-8,10H,9H2,1-2H3,(H,16,21)(H,19,20). The molecule has 0 fully saturated rings. The minimum atomic E-state index is -0.962. The molecule has 1 heterocycles. The van der Waals surface area contributed by atoms with Crippen LogP contribution in [0.4, 0.5) is 0 Å². The SMILES string of the molecule is COc1ccc(-n2ccc(C(=O)NC(C)CC(=O)O)n2)cc1. The van der Waals surface area contributed by atoms with Crippen molar-refractivity contribution in [1.29, 1.82) is 0 Å². The van der Waals surface area contributed by atoms with Crippen molar-refractivity contribution >= 4 is 11.9 Å². The van der Waals surface area contributed by atoms with Crippen molar-refractivity contribution in [3.63, 3.8) is 0 Å². The zero-order valence-corrected chi connectivity index (χ0v) is 12.3. The lowest BCUT2D eigenvalue weighted by molar-refractivity contribution is -0.137. The predicted molar refractivity (Wildman–Crippen MR) is 79.3 cm³/mol. The first kappa shape index (κ1) is 15.6. The van der Waals surface area contributed by atoms with Gasteiger partial charge in [-0.3, -0.25) is 9.59 Å². The molecule has 1 atom stereocenters. The molecule has 0 bridgehead atoms. The molecule has 1 aromatic heterocycles. The Bertz CT molecular complexity index is 664. The highest BCUT2D eigenvalue weighted by atomic mass is 16.5. The number of carbonyl (C=O) groups excluding carboxylic acids is 1. The van der Waals surface area contributed by atoms with Gasteiger partial charge >= 0.3 is 5.97 Å². The summed E-state index contributed by atoms with van der Waals surface area (Å²) in [5, 5.41) is 15.5. The molecule has 2 N–H and O–H groups in total. The summed E-state index contributed by atoms with van der Waals surface area (Å²) in [5.74, 6) is -0.631. The van der Waals surface area contributed by atoms with E-state index in [9.17, 15) is 9.59 Å². The van der Waals surface area contributed by atoms with Crippen molar-refractivity contribution in [3.05, 3.63) is 42.2 Å². The van der Waals surface area contributed by atoms with Gasteiger partial charge in [-0.25, -0.2) is 4.68 Å². The Morgan fingerprint density at radius 2 is 2.00 bits per heavy atom. The number of aliphatic carboxylic acids is 1. The fourth-order valence-corrected chi connectivity index (χ4v) is 1.93. The predicted octanol–water partition coefficient (Wildman–Crippen LogP) is 1.47. The zero-order valence-electron chi connectivity index (χ0n) is 12.3. The molecule has 0 spiro atoms. The number of carboxylic acids is 1. The molecular formula is C15H17N3O4.